The molecule has 118 valence electrons. The first-order chi connectivity index (χ1) is 10.3. The highest BCUT2D eigenvalue weighted by atomic mass is 16.3. The van der Waals surface area contributed by atoms with Gasteiger partial charge >= 0.3 is 0 Å². The fraction of sp³-hybridized carbons (Fsp3) is 0.412. The molecule has 0 radical (unpaired) electrons. The molecule has 0 aliphatic rings. The van der Waals surface area contributed by atoms with Gasteiger partial charge in [0.1, 0.15) is 0 Å². The van der Waals surface area contributed by atoms with E-state index in [4.69, 9.17) is 0 Å². The Bertz CT molecular complexity index is 642. The van der Waals surface area contributed by atoms with Gasteiger partial charge < -0.3 is 10.4 Å². The highest BCUT2D eigenvalue weighted by molar-refractivity contribution is 5.95. The minimum Gasteiger partial charge on any atom is -0.391 e. The fourth-order valence-corrected chi connectivity index (χ4v) is 2.05. The molecule has 1 atom stereocenters. The molecule has 1 heterocycles. The summed E-state index contributed by atoms with van der Waals surface area (Å²) in [5, 5.41) is 17.0. The third-order valence-electron chi connectivity index (χ3n) is 3.71. The van der Waals surface area contributed by atoms with E-state index in [1.165, 1.54) is 0 Å². The van der Waals surface area contributed by atoms with Crippen molar-refractivity contribution < 1.29 is 9.90 Å². The predicted octanol–water partition coefficient (Wildman–Crippen LogP) is 2.32. The molecule has 0 fully saturated rings. The second kappa shape index (κ2) is 6.32. The smallest absolute Gasteiger partial charge is 0.254 e. The molecule has 0 saturated heterocycles. The lowest BCUT2D eigenvalue weighted by molar-refractivity contribution is 0.0586. The summed E-state index contributed by atoms with van der Waals surface area (Å²) in [5.74, 6) is -0.219. The number of hydrogen-bond donors (Lipinski definition) is 2. The van der Waals surface area contributed by atoms with Crippen LogP contribution < -0.4 is 5.32 Å². The molecular weight excluding hydrogens is 278 g/mol. The van der Waals surface area contributed by atoms with Gasteiger partial charge in [0, 0.05) is 6.54 Å². The Morgan fingerprint density at radius 3 is 2.55 bits per heavy atom. The molecule has 22 heavy (non-hydrogen) atoms. The standard InChI is InChI=1S/C17H23N3O2/c1-12-14(16(22)18-11-15(21)17(2,3)4)10-19-20(12)13-8-6-5-7-9-13/h5-10,15,21H,11H2,1-4H3,(H,18,22). The van der Waals surface area contributed by atoms with Crippen molar-refractivity contribution in [1.82, 2.24) is 15.1 Å². The van der Waals surface area contributed by atoms with Gasteiger partial charge in [0.2, 0.25) is 0 Å². The highest BCUT2D eigenvalue weighted by Crippen LogP contribution is 2.18. The van der Waals surface area contributed by atoms with Gasteiger partial charge in [-0.3, -0.25) is 4.79 Å². The number of nitrogens with zero attached hydrogens (tertiary/aromatic N) is 2. The van der Waals surface area contributed by atoms with Crippen LogP contribution in [0.4, 0.5) is 0 Å². The van der Waals surface area contributed by atoms with Crippen LogP contribution in [0, 0.1) is 12.3 Å². The predicted molar refractivity (Wildman–Crippen MR) is 86.1 cm³/mol. The van der Waals surface area contributed by atoms with Crippen molar-refractivity contribution in [3.63, 3.8) is 0 Å². The number of aromatic nitrogens is 2. The quantitative estimate of drug-likeness (QED) is 0.910. The van der Waals surface area contributed by atoms with Crippen molar-refractivity contribution in [2.24, 2.45) is 5.41 Å². The van der Waals surface area contributed by atoms with Gasteiger partial charge in [-0.25, -0.2) is 4.68 Å². The van der Waals surface area contributed by atoms with Crippen molar-refractivity contribution in [1.29, 1.82) is 0 Å². The molecule has 1 unspecified atom stereocenters. The Morgan fingerprint density at radius 1 is 1.32 bits per heavy atom. The van der Waals surface area contributed by atoms with Gasteiger partial charge in [0.05, 0.1) is 29.2 Å². The Hall–Kier alpha value is -2.14. The Balaban J connectivity index is 2.11. The van der Waals surface area contributed by atoms with E-state index in [0.717, 1.165) is 11.4 Å². The summed E-state index contributed by atoms with van der Waals surface area (Å²) < 4.78 is 1.73. The summed E-state index contributed by atoms with van der Waals surface area (Å²) in [6.07, 6.45) is 0.960. The molecule has 2 aromatic rings. The van der Waals surface area contributed by atoms with Crippen LogP contribution in [-0.2, 0) is 0 Å². The first kappa shape index (κ1) is 16.2. The van der Waals surface area contributed by atoms with E-state index in [2.05, 4.69) is 10.4 Å². The van der Waals surface area contributed by atoms with Crippen LogP contribution in [0.25, 0.3) is 5.69 Å². The van der Waals surface area contributed by atoms with Crippen LogP contribution in [0.3, 0.4) is 0 Å². The van der Waals surface area contributed by atoms with E-state index in [1.807, 2.05) is 58.0 Å². The van der Waals surface area contributed by atoms with Gasteiger partial charge in [0.15, 0.2) is 0 Å². The van der Waals surface area contributed by atoms with Crippen LogP contribution >= 0.6 is 0 Å². The molecule has 1 amide bonds. The van der Waals surface area contributed by atoms with Gasteiger partial charge in [-0.05, 0) is 24.5 Å². The monoisotopic (exact) mass is 301 g/mol. The minimum absolute atomic E-state index is 0.219. The third-order valence-corrected chi connectivity index (χ3v) is 3.71. The van der Waals surface area contributed by atoms with Crippen molar-refractivity contribution in [2.75, 3.05) is 6.54 Å². The number of aliphatic hydroxyl groups excluding tert-OH is 1. The van der Waals surface area contributed by atoms with E-state index in [0.29, 0.717) is 5.56 Å². The zero-order chi connectivity index (χ0) is 16.3. The van der Waals surface area contributed by atoms with Crippen LogP contribution in [-0.4, -0.2) is 33.4 Å². The van der Waals surface area contributed by atoms with E-state index in [1.54, 1.807) is 10.9 Å². The Kier molecular flexibility index (Phi) is 4.66. The van der Waals surface area contributed by atoms with Gasteiger partial charge in [-0.1, -0.05) is 39.0 Å². The zero-order valence-electron chi connectivity index (χ0n) is 13.5. The molecule has 0 saturated carbocycles. The molecule has 0 aliphatic heterocycles. The van der Waals surface area contributed by atoms with Gasteiger partial charge in [-0.15, -0.1) is 0 Å². The topological polar surface area (TPSA) is 67.2 Å². The Labute approximate surface area is 131 Å². The number of hydrogen-bond acceptors (Lipinski definition) is 3. The number of para-hydroxylation sites is 1. The summed E-state index contributed by atoms with van der Waals surface area (Å²) in [5.41, 5.74) is 1.93. The zero-order valence-corrected chi connectivity index (χ0v) is 13.5. The van der Waals surface area contributed by atoms with Crippen LogP contribution in [0.5, 0.6) is 0 Å². The van der Waals surface area contributed by atoms with E-state index in [9.17, 15) is 9.90 Å². The van der Waals surface area contributed by atoms with Crippen LogP contribution in [0.15, 0.2) is 36.5 Å². The maximum absolute atomic E-state index is 12.3. The molecule has 0 spiro atoms. The largest absolute Gasteiger partial charge is 0.391 e. The molecule has 5 nitrogen and oxygen atoms in total. The lowest BCUT2D eigenvalue weighted by Gasteiger charge is -2.25. The lowest BCUT2D eigenvalue weighted by Crippen LogP contribution is -2.39. The van der Waals surface area contributed by atoms with Gasteiger partial charge in [-0.2, -0.15) is 5.10 Å². The van der Waals surface area contributed by atoms with Crippen LogP contribution in [0.2, 0.25) is 0 Å². The second-order valence-corrected chi connectivity index (χ2v) is 6.48. The first-order valence-corrected chi connectivity index (χ1v) is 7.37. The maximum Gasteiger partial charge on any atom is 0.254 e. The summed E-state index contributed by atoms with van der Waals surface area (Å²) in [6, 6.07) is 9.66. The molecular formula is C17H23N3O2. The second-order valence-electron chi connectivity index (χ2n) is 6.48. The number of benzene rings is 1. The number of aliphatic hydroxyl groups is 1. The molecule has 1 aromatic carbocycles. The SMILES string of the molecule is Cc1c(C(=O)NCC(O)C(C)(C)C)cnn1-c1ccccc1. The average Bonchev–Trinajstić information content (AvgIpc) is 2.86. The number of carbonyl (C=O) groups is 1. The van der Waals surface area contributed by atoms with Crippen molar-refractivity contribution >= 4 is 5.91 Å². The average molecular weight is 301 g/mol. The Morgan fingerprint density at radius 2 is 1.95 bits per heavy atom. The molecule has 1 aromatic heterocycles. The molecule has 2 rings (SSSR count). The van der Waals surface area contributed by atoms with E-state index >= 15 is 0 Å². The van der Waals surface area contributed by atoms with E-state index < -0.39 is 6.10 Å². The van der Waals surface area contributed by atoms with Crippen LogP contribution in [0.1, 0.15) is 36.8 Å². The third kappa shape index (κ3) is 3.54. The summed E-state index contributed by atoms with van der Waals surface area (Å²) >= 11 is 0. The van der Waals surface area contributed by atoms with Crippen molar-refractivity contribution in [3.8, 4) is 5.69 Å². The normalized spacial score (nSPS) is 13.0. The van der Waals surface area contributed by atoms with Gasteiger partial charge in [0.25, 0.3) is 5.91 Å². The lowest BCUT2D eigenvalue weighted by atomic mass is 9.89. The number of rotatable bonds is 4. The minimum atomic E-state index is -0.596. The van der Waals surface area contributed by atoms with Crippen molar-refractivity contribution in [2.45, 2.75) is 33.8 Å². The number of amides is 1. The molecule has 5 heteroatoms. The summed E-state index contributed by atoms with van der Waals surface area (Å²) in [7, 11) is 0. The number of carbonyl (C=O) groups excluding carboxylic acids is 1. The molecule has 2 N–H and O–H groups in total. The van der Waals surface area contributed by atoms with E-state index in [-0.39, 0.29) is 17.9 Å². The molecule has 0 bridgehead atoms. The summed E-state index contributed by atoms with van der Waals surface area (Å²) in [4.78, 5) is 12.3. The first-order valence-electron chi connectivity index (χ1n) is 7.37. The molecule has 0 aliphatic carbocycles. The maximum atomic E-state index is 12.3. The van der Waals surface area contributed by atoms with Crippen molar-refractivity contribution in [3.05, 3.63) is 47.8 Å². The number of nitrogens with one attached hydrogen (secondary N) is 1. The highest BCUT2D eigenvalue weighted by Gasteiger charge is 2.23. The summed E-state index contributed by atoms with van der Waals surface area (Å²) in [6.45, 7) is 7.88. The fourth-order valence-electron chi connectivity index (χ4n) is 2.05.